The van der Waals surface area contributed by atoms with Crippen LogP contribution in [0.25, 0.3) is 22.1 Å². The SMILES string of the molecule is Cc1cc2nc(CCNC(=O)C3CCN(C(=O)CCc4nc5ccccc5n4C)C3)[nH]c2cc1C. The van der Waals surface area contributed by atoms with Crippen LogP contribution in [0.3, 0.4) is 0 Å². The van der Waals surface area contributed by atoms with Crippen molar-refractivity contribution in [3.05, 3.63) is 59.2 Å². The van der Waals surface area contributed by atoms with Gasteiger partial charge in [0.1, 0.15) is 11.6 Å². The Morgan fingerprint density at radius 2 is 1.89 bits per heavy atom. The summed E-state index contributed by atoms with van der Waals surface area (Å²) >= 11 is 0. The molecule has 2 aromatic heterocycles. The average Bonchev–Trinajstić information content (AvgIpc) is 3.56. The summed E-state index contributed by atoms with van der Waals surface area (Å²) in [4.78, 5) is 39.9. The molecular formula is C27H32N6O2. The van der Waals surface area contributed by atoms with E-state index in [2.05, 4.69) is 46.2 Å². The molecule has 1 unspecified atom stereocenters. The third-order valence-corrected chi connectivity index (χ3v) is 7.16. The zero-order valence-electron chi connectivity index (χ0n) is 20.6. The van der Waals surface area contributed by atoms with Crippen LogP contribution in [0.15, 0.2) is 36.4 Å². The van der Waals surface area contributed by atoms with E-state index in [4.69, 9.17) is 0 Å². The molecule has 0 saturated carbocycles. The average molecular weight is 473 g/mol. The summed E-state index contributed by atoms with van der Waals surface area (Å²) in [5, 5.41) is 3.03. The zero-order valence-corrected chi connectivity index (χ0v) is 20.6. The third kappa shape index (κ3) is 4.78. The van der Waals surface area contributed by atoms with Gasteiger partial charge in [-0.15, -0.1) is 0 Å². The van der Waals surface area contributed by atoms with E-state index in [0.29, 0.717) is 45.3 Å². The number of fused-ring (bicyclic) bond motifs is 2. The van der Waals surface area contributed by atoms with Crippen LogP contribution in [0.4, 0.5) is 0 Å². The Hall–Kier alpha value is -3.68. The highest BCUT2D eigenvalue weighted by Gasteiger charge is 2.30. The number of rotatable bonds is 7. The summed E-state index contributed by atoms with van der Waals surface area (Å²) in [5.41, 5.74) is 6.45. The molecule has 3 heterocycles. The Labute approximate surface area is 204 Å². The van der Waals surface area contributed by atoms with Crippen LogP contribution in [0.5, 0.6) is 0 Å². The van der Waals surface area contributed by atoms with Gasteiger partial charge in [0.2, 0.25) is 11.8 Å². The van der Waals surface area contributed by atoms with Gasteiger partial charge in [0.05, 0.1) is 28.0 Å². The van der Waals surface area contributed by atoms with E-state index >= 15 is 0 Å². The fourth-order valence-electron chi connectivity index (χ4n) is 4.89. The molecule has 35 heavy (non-hydrogen) atoms. The van der Waals surface area contributed by atoms with Gasteiger partial charge in [-0.05, 0) is 55.7 Å². The van der Waals surface area contributed by atoms with Gasteiger partial charge in [-0.2, -0.15) is 0 Å². The Morgan fingerprint density at radius 3 is 2.71 bits per heavy atom. The number of aromatic amines is 1. The molecule has 182 valence electrons. The molecule has 4 aromatic rings. The molecule has 1 fully saturated rings. The van der Waals surface area contributed by atoms with Crippen molar-refractivity contribution < 1.29 is 9.59 Å². The first-order chi connectivity index (χ1) is 16.9. The number of hydrogen-bond acceptors (Lipinski definition) is 4. The fraction of sp³-hybridized carbons (Fsp3) is 0.407. The smallest absolute Gasteiger partial charge is 0.224 e. The number of amides is 2. The second-order valence-corrected chi connectivity index (χ2v) is 9.58. The number of aromatic nitrogens is 4. The summed E-state index contributed by atoms with van der Waals surface area (Å²) in [6, 6.07) is 12.2. The number of carbonyl (C=O) groups is 2. The van der Waals surface area contributed by atoms with Crippen molar-refractivity contribution in [1.82, 2.24) is 29.7 Å². The quantitative estimate of drug-likeness (QED) is 0.432. The van der Waals surface area contributed by atoms with Crippen LogP contribution >= 0.6 is 0 Å². The van der Waals surface area contributed by atoms with Crippen molar-refractivity contribution in [2.24, 2.45) is 13.0 Å². The van der Waals surface area contributed by atoms with E-state index in [-0.39, 0.29) is 17.7 Å². The number of carbonyl (C=O) groups excluding carboxylic acids is 2. The molecule has 0 bridgehead atoms. The first kappa shape index (κ1) is 23.1. The maximum atomic E-state index is 12.8. The number of nitrogens with one attached hydrogen (secondary N) is 2. The van der Waals surface area contributed by atoms with Crippen molar-refractivity contribution in [3.8, 4) is 0 Å². The predicted octanol–water partition coefficient (Wildman–Crippen LogP) is 3.21. The standard InChI is InChI=1S/C27H32N6O2/c1-17-14-21-22(15-18(17)2)30-24(29-21)10-12-28-27(35)19-11-13-33(16-19)26(34)9-8-25-31-20-6-4-5-7-23(20)32(25)3/h4-7,14-15,19H,8-13,16H2,1-3H3,(H,28,35)(H,29,30). The van der Waals surface area contributed by atoms with E-state index in [9.17, 15) is 9.59 Å². The van der Waals surface area contributed by atoms with Gasteiger partial charge >= 0.3 is 0 Å². The van der Waals surface area contributed by atoms with Crippen LogP contribution in [0.1, 0.15) is 35.6 Å². The van der Waals surface area contributed by atoms with Gasteiger partial charge in [-0.25, -0.2) is 9.97 Å². The van der Waals surface area contributed by atoms with Crippen LogP contribution in [0, 0.1) is 19.8 Å². The molecule has 1 aliphatic rings. The Balaban J connectivity index is 1.09. The summed E-state index contributed by atoms with van der Waals surface area (Å²) in [6.07, 6.45) is 2.34. The minimum absolute atomic E-state index is 0.0125. The fourth-order valence-corrected chi connectivity index (χ4v) is 4.89. The number of nitrogens with zero attached hydrogens (tertiary/aromatic N) is 4. The van der Waals surface area contributed by atoms with E-state index < -0.39 is 0 Å². The van der Waals surface area contributed by atoms with Crippen LogP contribution < -0.4 is 5.32 Å². The number of hydrogen-bond donors (Lipinski definition) is 2. The molecule has 2 aromatic carbocycles. The molecular weight excluding hydrogens is 440 g/mol. The lowest BCUT2D eigenvalue weighted by Crippen LogP contribution is -2.35. The summed E-state index contributed by atoms with van der Waals surface area (Å²) in [6.45, 7) is 5.80. The minimum Gasteiger partial charge on any atom is -0.355 e. The summed E-state index contributed by atoms with van der Waals surface area (Å²) < 4.78 is 2.05. The van der Waals surface area contributed by atoms with Crippen molar-refractivity contribution in [2.45, 2.75) is 39.5 Å². The lowest BCUT2D eigenvalue weighted by Gasteiger charge is -2.16. The highest BCUT2D eigenvalue weighted by molar-refractivity contribution is 5.82. The molecule has 0 radical (unpaired) electrons. The first-order valence-electron chi connectivity index (χ1n) is 12.3. The summed E-state index contributed by atoms with van der Waals surface area (Å²) in [5.74, 6) is 1.72. The highest BCUT2D eigenvalue weighted by Crippen LogP contribution is 2.20. The molecule has 8 heteroatoms. The van der Waals surface area contributed by atoms with Crippen molar-refractivity contribution in [3.63, 3.8) is 0 Å². The lowest BCUT2D eigenvalue weighted by atomic mass is 10.1. The van der Waals surface area contributed by atoms with Gasteiger partial charge in [-0.1, -0.05) is 12.1 Å². The van der Waals surface area contributed by atoms with E-state index in [1.165, 1.54) is 11.1 Å². The van der Waals surface area contributed by atoms with Gasteiger partial charge in [0.15, 0.2) is 0 Å². The number of likely N-dealkylation sites (tertiary alicyclic amines) is 1. The molecule has 8 nitrogen and oxygen atoms in total. The maximum absolute atomic E-state index is 12.8. The van der Waals surface area contributed by atoms with E-state index in [0.717, 1.165) is 33.7 Å². The molecule has 1 aliphatic heterocycles. The second-order valence-electron chi connectivity index (χ2n) is 9.58. The van der Waals surface area contributed by atoms with Crippen LogP contribution in [-0.2, 0) is 29.5 Å². The zero-order chi connectivity index (χ0) is 24.5. The van der Waals surface area contributed by atoms with Gasteiger partial charge in [0.25, 0.3) is 0 Å². The van der Waals surface area contributed by atoms with Gasteiger partial charge in [0, 0.05) is 45.9 Å². The predicted molar refractivity (Wildman–Crippen MR) is 136 cm³/mol. The van der Waals surface area contributed by atoms with E-state index in [1.807, 2.05) is 40.8 Å². The molecule has 5 rings (SSSR count). The molecule has 0 aliphatic carbocycles. The molecule has 2 N–H and O–H groups in total. The number of aryl methyl sites for hydroxylation is 4. The molecule has 1 saturated heterocycles. The van der Waals surface area contributed by atoms with Crippen LogP contribution in [0.2, 0.25) is 0 Å². The topological polar surface area (TPSA) is 95.9 Å². The number of imidazole rings is 2. The first-order valence-corrected chi connectivity index (χ1v) is 12.3. The Morgan fingerprint density at radius 1 is 1.09 bits per heavy atom. The highest BCUT2D eigenvalue weighted by atomic mass is 16.2. The summed E-state index contributed by atoms with van der Waals surface area (Å²) in [7, 11) is 1.98. The van der Waals surface area contributed by atoms with Crippen LogP contribution in [-0.4, -0.2) is 55.9 Å². The molecule has 0 spiro atoms. The van der Waals surface area contributed by atoms with E-state index in [1.54, 1.807) is 0 Å². The number of para-hydroxylation sites is 2. The third-order valence-electron chi connectivity index (χ3n) is 7.16. The maximum Gasteiger partial charge on any atom is 0.224 e. The van der Waals surface area contributed by atoms with Gasteiger partial charge in [-0.3, -0.25) is 9.59 Å². The Kier molecular flexibility index (Phi) is 6.28. The Bertz CT molecular complexity index is 1360. The van der Waals surface area contributed by atoms with Crippen molar-refractivity contribution in [1.29, 1.82) is 0 Å². The lowest BCUT2D eigenvalue weighted by molar-refractivity contribution is -0.130. The minimum atomic E-state index is -0.157. The van der Waals surface area contributed by atoms with Crippen molar-refractivity contribution >= 4 is 33.9 Å². The van der Waals surface area contributed by atoms with Gasteiger partial charge < -0.3 is 19.8 Å². The molecule has 1 atom stereocenters. The second kappa shape index (κ2) is 9.52. The normalized spacial score (nSPS) is 15.9. The largest absolute Gasteiger partial charge is 0.355 e. The number of benzene rings is 2. The van der Waals surface area contributed by atoms with Crippen molar-refractivity contribution in [2.75, 3.05) is 19.6 Å². The monoisotopic (exact) mass is 472 g/mol. The molecule has 2 amide bonds. The number of H-pyrrole nitrogens is 1.